The Morgan fingerprint density at radius 2 is 2.30 bits per heavy atom. The minimum Gasteiger partial charge on any atom is -0.480 e. The highest BCUT2D eigenvalue weighted by Gasteiger charge is 2.22. The molecule has 1 amide bonds. The number of hydrogen-bond donors (Lipinski definition) is 3. The van der Waals surface area contributed by atoms with Crippen LogP contribution >= 0.6 is 0 Å². The van der Waals surface area contributed by atoms with Crippen molar-refractivity contribution in [1.29, 1.82) is 0 Å². The number of carboxylic acid groups (broad SMARTS) is 1. The van der Waals surface area contributed by atoms with Crippen molar-refractivity contribution in [3.63, 3.8) is 0 Å². The Hall–Kier alpha value is -2.14. The lowest BCUT2D eigenvalue weighted by atomic mass is 9.95. The second-order valence-electron chi connectivity index (χ2n) is 4.76. The normalized spacial score (nSPS) is 15.0. The number of aliphatic carboxylic acids is 1. The highest BCUT2D eigenvalue weighted by molar-refractivity contribution is 5.98. The van der Waals surface area contributed by atoms with E-state index in [4.69, 9.17) is 5.11 Å². The van der Waals surface area contributed by atoms with Gasteiger partial charge >= 0.3 is 5.97 Å². The lowest BCUT2D eigenvalue weighted by Crippen LogP contribution is -2.41. The van der Waals surface area contributed by atoms with Crippen LogP contribution in [0.2, 0.25) is 0 Å². The molecular formula is C15H18N2O3. The van der Waals surface area contributed by atoms with Crippen LogP contribution in [0.1, 0.15) is 27.9 Å². The van der Waals surface area contributed by atoms with E-state index in [9.17, 15) is 9.59 Å². The van der Waals surface area contributed by atoms with Crippen molar-refractivity contribution in [3.05, 3.63) is 47.5 Å². The van der Waals surface area contributed by atoms with Gasteiger partial charge in [-0.15, -0.1) is 6.58 Å². The molecule has 1 aliphatic heterocycles. The molecule has 1 aromatic carbocycles. The Labute approximate surface area is 117 Å². The topological polar surface area (TPSA) is 78.4 Å². The molecule has 1 aliphatic rings. The molecule has 0 spiro atoms. The molecule has 1 aromatic rings. The predicted molar refractivity (Wildman–Crippen MR) is 75.6 cm³/mol. The lowest BCUT2D eigenvalue weighted by molar-refractivity contribution is -0.139. The molecule has 3 N–H and O–H groups in total. The molecule has 0 bridgehead atoms. The molecule has 0 aromatic heterocycles. The molecule has 20 heavy (non-hydrogen) atoms. The highest BCUT2D eigenvalue weighted by Crippen LogP contribution is 2.18. The van der Waals surface area contributed by atoms with E-state index in [1.807, 2.05) is 12.1 Å². The van der Waals surface area contributed by atoms with Gasteiger partial charge in [-0.1, -0.05) is 18.2 Å². The Kier molecular flexibility index (Phi) is 4.53. The van der Waals surface area contributed by atoms with E-state index in [1.165, 1.54) is 6.08 Å². The zero-order valence-corrected chi connectivity index (χ0v) is 11.2. The maximum absolute atomic E-state index is 12.3. The van der Waals surface area contributed by atoms with Crippen LogP contribution in [0.4, 0.5) is 0 Å². The van der Waals surface area contributed by atoms with Crippen molar-refractivity contribution in [2.45, 2.75) is 25.4 Å². The average Bonchev–Trinajstić information content (AvgIpc) is 2.46. The largest absolute Gasteiger partial charge is 0.480 e. The molecule has 0 fully saturated rings. The van der Waals surface area contributed by atoms with Gasteiger partial charge in [0.05, 0.1) is 0 Å². The summed E-state index contributed by atoms with van der Waals surface area (Å²) < 4.78 is 0. The van der Waals surface area contributed by atoms with Crippen LogP contribution in [0, 0.1) is 0 Å². The summed E-state index contributed by atoms with van der Waals surface area (Å²) in [6.07, 6.45) is 2.47. The third-order valence-corrected chi connectivity index (χ3v) is 3.39. The summed E-state index contributed by atoms with van der Waals surface area (Å²) in [5.41, 5.74) is 2.67. The highest BCUT2D eigenvalue weighted by atomic mass is 16.4. The third kappa shape index (κ3) is 3.05. The van der Waals surface area contributed by atoms with Crippen LogP contribution in [0.25, 0.3) is 0 Å². The molecule has 0 saturated carbocycles. The smallest absolute Gasteiger partial charge is 0.326 e. The van der Waals surface area contributed by atoms with Crippen LogP contribution in [0.5, 0.6) is 0 Å². The number of carboxylic acids is 1. The van der Waals surface area contributed by atoms with E-state index in [0.717, 1.165) is 30.6 Å². The summed E-state index contributed by atoms with van der Waals surface area (Å²) in [5, 5.41) is 14.9. The van der Waals surface area contributed by atoms with Gasteiger partial charge < -0.3 is 15.7 Å². The van der Waals surface area contributed by atoms with E-state index in [2.05, 4.69) is 17.2 Å². The van der Waals surface area contributed by atoms with Crippen LogP contribution < -0.4 is 10.6 Å². The molecule has 2 rings (SSSR count). The molecule has 5 nitrogen and oxygen atoms in total. The first kappa shape index (κ1) is 14.3. The Bertz CT molecular complexity index is 540. The summed E-state index contributed by atoms with van der Waals surface area (Å²) in [5.74, 6) is -1.39. The first-order chi connectivity index (χ1) is 9.63. The molecule has 0 aliphatic carbocycles. The van der Waals surface area contributed by atoms with Crippen LogP contribution in [0.15, 0.2) is 30.9 Å². The third-order valence-electron chi connectivity index (χ3n) is 3.39. The summed E-state index contributed by atoms with van der Waals surface area (Å²) in [4.78, 5) is 23.3. The summed E-state index contributed by atoms with van der Waals surface area (Å²) in [6, 6.07) is 4.62. The van der Waals surface area contributed by atoms with Crippen molar-refractivity contribution in [3.8, 4) is 0 Å². The van der Waals surface area contributed by atoms with E-state index >= 15 is 0 Å². The monoisotopic (exact) mass is 274 g/mol. The molecule has 5 heteroatoms. The fourth-order valence-corrected chi connectivity index (χ4v) is 2.37. The van der Waals surface area contributed by atoms with Gasteiger partial charge in [0.25, 0.3) is 5.91 Å². The van der Waals surface area contributed by atoms with Crippen molar-refractivity contribution >= 4 is 11.9 Å². The number of nitrogens with one attached hydrogen (secondary N) is 2. The average molecular weight is 274 g/mol. The van der Waals surface area contributed by atoms with E-state index in [1.54, 1.807) is 6.07 Å². The summed E-state index contributed by atoms with van der Waals surface area (Å²) >= 11 is 0. The van der Waals surface area contributed by atoms with Gasteiger partial charge in [-0.3, -0.25) is 4.79 Å². The quantitative estimate of drug-likeness (QED) is 0.702. The van der Waals surface area contributed by atoms with E-state index < -0.39 is 12.0 Å². The fraction of sp³-hybridized carbons (Fsp3) is 0.333. The van der Waals surface area contributed by atoms with E-state index in [-0.39, 0.29) is 12.3 Å². The lowest BCUT2D eigenvalue weighted by Gasteiger charge is -2.21. The van der Waals surface area contributed by atoms with E-state index in [0.29, 0.717) is 5.56 Å². The summed E-state index contributed by atoms with van der Waals surface area (Å²) in [7, 11) is 0. The second kappa shape index (κ2) is 6.34. The number of amides is 1. The number of carbonyl (C=O) groups excluding carboxylic acids is 1. The minimum atomic E-state index is -1.05. The number of benzene rings is 1. The zero-order chi connectivity index (χ0) is 14.5. The van der Waals surface area contributed by atoms with Gasteiger partial charge in [0, 0.05) is 12.1 Å². The molecular weight excluding hydrogens is 256 g/mol. The number of carbonyl (C=O) groups is 2. The van der Waals surface area contributed by atoms with Crippen molar-refractivity contribution in [1.82, 2.24) is 10.6 Å². The first-order valence-electron chi connectivity index (χ1n) is 6.59. The fourth-order valence-electron chi connectivity index (χ4n) is 2.37. The van der Waals surface area contributed by atoms with Gasteiger partial charge in [0.2, 0.25) is 0 Å². The maximum Gasteiger partial charge on any atom is 0.326 e. The molecule has 0 radical (unpaired) electrons. The molecule has 1 heterocycles. The van der Waals surface area contributed by atoms with Crippen molar-refractivity contribution in [2.75, 3.05) is 6.54 Å². The summed E-state index contributed by atoms with van der Waals surface area (Å²) in [6.45, 7) is 5.08. The standard InChI is InChI=1S/C15H18N2O3/c1-2-4-13(15(19)20)17-14(18)12-6-3-5-10-9-16-8-7-11(10)12/h2-3,5-6,13,16H,1,4,7-9H2,(H,17,18)(H,19,20). The molecule has 1 atom stereocenters. The van der Waals surface area contributed by atoms with Crippen molar-refractivity contribution in [2.24, 2.45) is 0 Å². The Morgan fingerprint density at radius 1 is 1.50 bits per heavy atom. The number of fused-ring (bicyclic) bond motifs is 1. The van der Waals surface area contributed by atoms with Crippen LogP contribution in [-0.4, -0.2) is 29.6 Å². The van der Waals surface area contributed by atoms with Gasteiger partial charge in [0.1, 0.15) is 6.04 Å². The van der Waals surface area contributed by atoms with Crippen LogP contribution in [-0.2, 0) is 17.8 Å². The minimum absolute atomic E-state index is 0.206. The SMILES string of the molecule is C=CCC(NC(=O)c1cccc2c1CCNC2)C(=O)O. The van der Waals surface area contributed by atoms with Crippen molar-refractivity contribution < 1.29 is 14.7 Å². The zero-order valence-electron chi connectivity index (χ0n) is 11.2. The van der Waals surface area contributed by atoms with Crippen LogP contribution in [0.3, 0.4) is 0 Å². The van der Waals surface area contributed by atoms with Gasteiger partial charge in [-0.05, 0) is 36.6 Å². The molecule has 106 valence electrons. The second-order valence-corrected chi connectivity index (χ2v) is 4.76. The molecule has 0 saturated heterocycles. The first-order valence-corrected chi connectivity index (χ1v) is 6.59. The number of hydrogen-bond acceptors (Lipinski definition) is 3. The Balaban J connectivity index is 2.21. The van der Waals surface area contributed by atoms with Gasteiger partial charge in [-0.25, -0.2) is 4.79 Å². The Morgan fingerprint density at radius 3 is 3.00 bits per heavy atom. The maximum atomic E-state index is 12.3. The van der Waals surface area contributed by atoms with Gasteiger partial charge in [0.15, 0.2) is 0 Å². The predicted octanol–water partition coefficient (Wildman–Crippen LogP) is 1.09. The van der Waals surface area contributed by atoms with Gasteiger partial charge in [-0.2, -0.15) is 0 Å². The molecule has 1 unspecified atom stereocenters. The number of rotatable bonds is 5.